The fourth-order valence-electron chi connectivity index (χ4n) is 1.53. The maximum atomic E-state index is 12.0. The minimum absolute atomic E-state index is 0.183. The van der Waals surface area contributed by atoms with Crippen LogP contribution in [0.2, 0.25) is 0 Å². The number of amides is 1. The van der Waals surface area contributed by atoms with E-state index < -0.39 is 27.5 Å². The summed E-state index contributed by atoms with van der Waals surface area (Å²) >= 11 is 0. The smallest absolute Gasteiger partial charge is 0.337 e. The quantitative estimate of drug-likeness (QED) is 0.828. The molecule has 0 aromatic heterocycles. The first-order valence-corrected chi connectivity index (χ1v) is 7.23. The lowest BCUT2D eigenvalue weighted by Gasteiger charge is -2.10. The van der Waals surface area contributed by atoms with E-state index in [1.807, 2.05) is 0 Å². The number of carbonyl (C=O) groups is 2. The molecule has 0 bridgehead atoms. The molecule has 1 rings (SSSR count). The third-order valence-electron chi connectivity index (χ3n) is 2.22. The standard InChI is InChI=1S/C12H15NO5S/c1-8(2)13-11(14)7-19(17,18)10-6-4-3-5-9(10)12(15)16/h3-6,8H,7H2,1-2H3,(H,13,14)(H,15,16). The molecule has 0 saturated carbocycles. The topological polar surface area (TPSA) is 101 Å². The first-order chi connectivity index (χ1) is 8.74. The molecule has 2 N–H and O–H groups in total. The number of carboxylic acid groups (broad SMARTS) is 1. The van der Waals surface area contributed by atoms with Gasteiger partial charge in [0, 0.05) is 6.04 Å². The number of carbonyl (C=O) groups excluding carboxylic acids is 1. The lowest BCUT2D eigenvalue weighted by molar-refractivity contribution is -0.119. The summed E-state index contributed by atoms with van der Waals surface area (Å²) in [6, 6.07) is 5.03. The van der Waals surface area contributed by atoms with Crippen molar-refractivity contribution in [1.29, 1.82) is 0 Å². The van der Waals surface area contributed by atoms with E-state index in [9.17, 15) is 18.0 Å². The molecular weight excluding hydrogens is 270 g/mol. The van der Waals surface area contributed by atoms with Crippen molar-refractivity contribution in [3.8, 4) is 0 Å². The summed E-state index contributed by atoms with van der Waals surface area (Å²) in [6.07, 6.45) is 0. The normalized spacial score (nSPS) is 11.3. The van der Waals surface area contributed by atoms with Gasteiger partial charge >= 0.3 is 5.97 Å². The van der Waals surface area contributed by atoms with Crippen molar-refractivity contribution < 1.29 is 23.1 Å². The maximum Gasteiger partial charge on any atom is 0.337 e. The number of sulfone groups is 1. The van der Waals surface area contributed by atoms with Gasteiger partial charge in [0.2, 0.25) is 5.91 Å². The van der Waals surface area contributed by atoms with E-state index in [1.165, 1.54) is 24.3 Å². The predicted molar refractivity (Wildman–Crippen MR) is 68.7 cm³/mol. The SMILES string of the molecule is CC(C)NC(=O)CS(=O)(=O)c1ccccc1C(=O)O. The van der Waals surface area contributed by atoms with E-state index in [0.717, 1.165) is 0 Å². The third-order valence-corrected chi connectivity index (χ3v) is 3.89. The zero-order chi connectivity index (χ0) is 14.6. The molecule has 0 unspecified atom stereocenters. The fraction of sp³-hybridized carbons (Fsp3) is 0.333. The minimum Gasteiger partial charge on any atom is -0.478 e. The van der Waals surface area contributed by atoms with Crippen LogP contribution in [0.15, 0.2) is 29.2 Å². The van der Waals surface area contributed by atoms with Crippen molar-refractivity contribution in [2.75, 3.05) is 5.75 Å². The van der Waals surface area contributed by atoms with Gasteiger partial charge in [-0.1, -0.05) is 12.1 Å². The van der Waals surface area contributed by atoms with E-state index in [1.54, 1.807) is 13.8 Å². The van der Waals surface area contributed by atoms with E-state index >= 15 is 0 Å². The predicted octanol–water partition coefficient (Wildman–Crippen LogP) is 0.683. The molecule has 0 aliphatic heterocycles. The van der Waals surface area contributed by atoms with Crippen molar-refractivity contribution in [2.45, 2.75) is 24.8 Å². The third kappa shape index (κ3) is 4.06. The van der Waals surface area contributed by atoms with Gasteiger partial charge in [-0.3, -0.25) is 4.79 Å². The highest BCUT2D eigenvalue weighted by molar-refractivity contribution is 7.92. The van der Waals surface area contributed by atoms with Crippen LogP contribution in [0.4, 0.5) is 0 Å². The Morgan fingerprint density at radius 3 is 2.37 bits per heavy atom. The molecule has 0 atom stereocenters. The molecule has 0 spiro atoms. The highest BCUT2D eigenvalue weighted by Gasteiger charge is 2.24. The van der Waals surface area contributed by atoms with Crippen molar-refractivity contribution in [2.24, 2.45) is 0 Å². The Balaban J connectivity index is 3.08. The number of benzene rings is 1. The summed E-state index contributed by atoms with van der Waals surface area (Å²) in [5.41, 5.74) is -0.333. The Bertz CT molecular complexity index is 592. The van der Waals surface area contributed by atoms with Crippen LogP contribution in [0, 0.1) is 0 Å². The van der Waals surface area contributed by atoms with Gasteiger partial charge in [-0.05, 0) is 26.0 Å². The number of hydrogen-bond donors (Lipinski definition) is 2. The van der Waals surface area contributed by atoms with Crippen LogP contribution in [0.25, 0.3) is 0 Å². The maximum absolute atomic E-state index is 12.0. The molecule has 104 valence electrons. The number of rotatable bonds is 5. The van der Waals surface area contributed by atoms with Crippen molar-refractivity contribution in [1.82, 2.24) is 5.32 Å². The van der Waals surface area contributed by atoms with Gasteiger partial charge in [0.15, 0.2) is 9.84 Å². The first-order valence-electron chi connectivity index (χ1n) is 5.58. The van der Waals surface area contributed by atoms with E-state index in [2.05, 4.69) is 5.32 Å². The van der Waals surface area contributed by atoms with Gasteiger partial charge < -0.3 is 10.4 Å². The average molecular weight is 285 g/mol. The van der Waals surface area contributed by atoms with Crippen LogP contribution in [0.3, 0.4) is 0 Å². The van der Waals surface area contributed by atoms with Crippen molar-refractivity contribution in [3.05, 3.63) is 29.8 Å². The van der Waals surface area contributed by atoms with Gasteiger partial charge in [-0.25, -0.2) is 13.2 Å². The monoisotopic (exact) mass is 285 g/mol. The minimum atomic E-state index is -3.97. The van der Waals surface area contributed by atoms with Crippen molar-refractivity contribution >= 4 is 21.7 Å². The molecule has 7 heteroatoms. The number of hydrogen-bond acceptors (Lipinski definition) is 4. The molecule has 0 saturated heterocycles. The Hall–Kier alpha value is -1.89. The fourth-order valence-corrected chi connectivity index (χ4v) is 2.89. The zero-order valence-corrected chi connectivity index (χ0v) is 11.4. The number of carboxylic acids is 1. The molecule has 19 heavy (non-hydrogen) atoms. The van der Waals surface area contributed by atoms with Gasteiger partial charge in [-0.2, -0.15) is 0 Å². The number of nitrogens with one attached hydrogen (secondary N) is 1. The molecular formula is C12H15NO5S. The number of aromatic carboxylic acids is 1. The van der Waals surface area contributed by atoms with Gasteiger partial charge in [0.05, 0.1) is 10.5 Å². The second-order valence-electron chi connectivity index (χ2n) is 4.28. The summed E-state index contributed by atoms with van der Waals surface area (Å²) in [7, 11) is -3.97. The molecule has 0 aliphatic carbocycles. The summed E-state index contributed by atoms with van der Waals surface area (Å²) in [5, 5.41) is 11.4. The molecule has 0 radical (unpaired) electrons. The van der Waals surface area contributed by atoms with Crippen molar-refractivity contribution in [3.63, 3.8) is 0 Å². The van der Waals surface area contributed by atoms with Gasteiger partial charge in [0.25, 0.3) is 0 Å². The Kier molecular flexibility index (Phi) is 4.66. The average Bonchev–Trinajstić information content (AvgIpc) is 2.26. The lowest BCUT2D eigenvalue weighted by atomic mass is 10.2. The van der Waals surface area contributed by atoms with Crippen LogP contribution in [-0.4, -0.2) is 37.2 Å². The summed E-state index contributed by atoms with van der Waals surface area (Å²) in [4.78, 5) is 22.1. The Labute approximate surface area is 111 Å². The summed E-state index contributed by atoms with van der Waals surface area (Å²) < 4.78 is 24.1. The van der Waals surface area contributed by atoms with E-state index in [0.29, 0.717) is 0 Å². The van der Waals surface area contributed by atoms with Crippen LogP contribution in [0.5, 0.6) is 0 Å². The molecule has 6 nitrogen and oxygen atoms in total. The summed E-state index contributed by atoms with van der Waals surface area (Å²) in [6.45, 7) is 3.41. The van der Waals surface area contributed by atoms with Crippen LogP contribution < -0.4 is 5.32 Å². The Morgan fingerprint density at radius 2 is 1.84 bits per heavy atom. The molecule has 0 heterocycles. The molecule has 0 aliphatic rings. The van der Waals surface area contributed by atoms with Gasteiger partial charge in [0.1, 0.15) is 5.75 Å². The molecule has 1 amide bonds. The Morgan fingerprint density at radius 1 is 1.26 bits per heavy atom. The highest BCUT2D eigenvalue weighted by atomic mass is 32.2. The van der Waals surface area contributed by atoms with E-state index in [-0.39, 0.29) is 16.5 Å². The van der Waals surface area contributed by atoms with Crippen LogP contribution in [-0.2, 0) is 14.6 Å². The van der Waals surface area contributed by atoms with Gasteiger partial charge in [-0.15, -0.1) is 0 Å². The van der Waals surface area contributed by atoms with E-state index in [4.69, 9.17) is 5.11 Å². The first kappa shape index (κ1) is 15.2. The van der Waals surface area contributed by atoms with Crippen LogP contribution >= 0.6 is 0 Å². The second-order valence-corrected chi connectivity index (χ2v) is 6.24. The molecule has 1 aromatic rings. The lowest BCUT2D eigenvalue weighted by Crippen LogP contribution is -2.35. The second kappa shape index (κ2) is 5.83. The molecule has 0 fully saturated rings. The molecule has 1 aromatic carbocycles. The summed E-state index contributed by atoms with van der Waals surface area (Å²) in [5.74, 6) is -2.77. The highest BCUT2D eigenvalue weighted by Crippen LogP contribution is 2.17. The zero-order valence-electron chi connectivity index (χ0n) is 10.6. The largest absolute Gasteiger partial charge is 0.478 e. The van der Waals surface area contributed by atoms with Crippen LogP contribution in [0.1, 0.15) is 24.2 Å².